The molecule has 1 aliphatic rings. The number of esters is 1. The lowest BCUT2D eigenvalue weighted by molar-refractivity contribution is -0.136. The van der Waals surface area contributed by atoms with Gasteiger partial charge in [-0.3, -0.25) is 0 Å². The molecular weight excluding hydrogens is 216 g/mol. The maximum atomic E-state index is 11.2. The maximum Gasteiger partial charge on any atom is 0.334 e. The Hall–Kier alpha value is -1.77. The third-order valence-electron chi connectivity index (χ3n) is 2.85. The topological polar surface area (TPSA) is 35.5 Å². The third-order valence-corrected chi connectivity index (χ3v) is 2.85. The monoisotopic (exact) mass is 232 g/mol. The molecule has 0 saturated heterocycles. The van der Waals surface area contributed by atoms with E-state index in [0.29, 0.717) is 6.61 Å². The zero-order chi connectivity index (χ0) is 12.1. The number of carbonyl (C=O) groups is 1. The van der Waals surface area contributed by atoms with Crippen LogP contribution in [0.3, 0.4) is 0 Å². The Morgan fingerprint density at radius 2 is 2.24 bits per heavy atom. The van der Waals surface area contributed by atoms with Crippen molar-refractivity contribution in [3.05, 3.63) is 41.5 Å². The number of hydrogen-bond donors (Lipinski definition) is 0. The van der Waals surface area contributed by atoms with Crippen LogP contribution < -0.4 is 4.74 Å². The van der Waals surface area contributed by atoms with Gasteiger partial charge in [-0.1, -0.05) is 12.1 Å². The molecule has 3 nitrogen and oxygen atoms in total. The second-order valence-electron chi connectivity index (χ2n) is 4.03. The van der Waals surface area contributed by atoms with Gasteiger partial charge in [-0.15, -0.1) is 0 Å². The highest BCUT2D eigenvalue weighted by Gasteiger charge is 2.15. The SMILES string of the molecule is COc1cccc(CCCC2=CCOC2=O)c1. The number of ether oxygens (including phenoxy) is 2. The van der Waals surface area contributed by atoms with Crippen LogP contribution >= 0.6 is 0 Å². The minimum atomic E-state index is -0.157. The van der Waals surface area contributed by atoms with Gasteiger partial charge in [0, 0.05) is 5.57 Å². The van der Waals surface area contributed by atoms with E-state index in [1.54, 1.807) is 7.11 Å². The standard InChI is InChI=1S/C14H16O3/c1-16-13-7-3-5-11(10-13)4-2-6-12-8-9-17-14(12)15/h3,5,7-8,10H,2,4,6,9H2,1H3. The third kappa shape index (κ3) is 3.09. The number of rotatable bonds is 5. The van der Waals surface area contributed by atoms with Crippen LogP contribution in [0.5, 0.6) is 5.75 Å². The van der Waals surface area contributed by atoms with Gasteiger partial charge in [-0.25, -0.2) is 4.79 Å². The van der Waals surface area contributed by atoms with Gasteiger partial charge in [-0.05, 0) is 43.0 Å². The van der Waals surface area contributed by atoms with Crippen LogP contribution in [-0.2, 0) is 16.0 Å². The van der Waals surface area contributed by atoms with Gasteiger partial charge in [0.05, 0.1) is 7.11 Å². The Kier molecular flexibility index (Phi) is 3.81. The summed E-state index contributed by atoms with van der Waals surface area (Å²) in [6.45, 7) is 0.438. The fraction of sp³-hybridized carbons (Fsp3) is 0.357. The first-order chi connectivity index (χ1) is 8.29. The van der Waals surface area contributed by atoms with Crippen molar-refractivity contribution >= 4 is 5.97 Å². The van der Waals surface area contributed by atoms with Crippen molar-refractivity contribution in [3.8, 4) is 5.75 Å². The zero-order valence-corrected chi connectivity index (χ0v) is 9.94. The number of methoxy groups -OCH3 is 1. The van der Waals surface area contributed by atoms with Gasteiger partial charge in [0.1, 0.15) is 12.4 Å². The van der Waals surface area contributed by atoms with Gasteiger partial charge >= 0.3 is 5.97 Å². The van der Waals surface area contributed by atoms with E-state index < -0.39 is 0 Å². The molecule has 1 heterocycles. The van der Waals surface area contributed by atoms with E-state index in [9.17, 15) is 4.79 Å². The smallest absolute Gasteiger partial charge is 0.334 e. The molecule has 3 heteroatoms. The van der Waals surface area contributed by atoms with Gasteiger partial charge in [0.15, 0.2) is 0 Å². The van der Waals surface area contributed by atoms with Crippen molar-refractivity contribution in [3.63, 3.8) is 0 Å². The first-order valence-corrected chi connectivity index (χ1v) is 5.78. The molecular formula is C14H16O3. The molecule has 1 aliphatic heterocycles. The second-order valence-corrected chi connectivity index (χ2v) is 4.03. The number of aryl methyl sites for hydroxylation is 1. The molecule has 2 rings (SSSR count). The summed E-state index contributed by atoms with van der Waals surface area (Å²) in [5.74, 6) is 0.720. The summed E-state index contributed by atoms with van der Waals surface area (Å²) in [6, 6.07) is 8.02. The summed E-state index contributed by atoms with van der Waals surface area (Å²) in [6.07, 6.45) is 4.56. The minimum absolute atomic E-state index is 0.157. The lowest BCUT2D eigenvalue weighted by atomic mass is 10.0. The highest BCUT2D eigenvalue weighted by Crippen LogP contribution is 2.18. The van der Waals surface area contributed by atoms with Crippen molar-refractivity contribution < 1.29 is 14.3 Å². The molecule has 1 aromatic carbocycles. The van der Waals surface area contributed by atoms with Gasteiger partial charge in [0.2, 0.25) is 0 Å². The van der Waals surface area contributed by atoms with Crippen LogP contribution in [0.25, 0.3) is 0 Å². The van der Waals surface area contributed by atoms with Crippen LogP contribution in [-0.4, -0.2) is 19.7 Å². The fourth-order valence-corrected chi connectivity index (χ4v) is 1.91. The fourth-order valence-electron chi connectivity index (χ4n) is 1.91. The molecule has 0 bridgehead atoms. The highest BCUT2D eigenvalue weighted by molar-refractivity contribution is 5.90. The molecule has 0 atom stereocenters. The Labute approximate surface area is 101 Å². The van der Waals surface area contributed by atoms with Gasteiger partial charge in [-0.2, -0.15) is 0 Å². The van der Waals surface area contributed by atoms with E-state index in [2.05, 4.69) is 6.07 Å². The molecule has 0 aliphatic carbocycles. The van der Waals surface area contributed by atoms with Crippen molar-refractivity contribution in [1.82, 2.24) is 0 Å². The van der Waals surface area contributed by atoms with E-state index in [0.717, 1.165) is 30.6 Å². The minimum Gasteiger partial charge on any atom is -0.497 e. The summed E-state index contributed by atoms with van der Waals surface area (Å²) < 4.78 is 10.0. The molecule has 0 fully saturated rings. The second kappa shape index (κ2) is 5.53. The first-order valence-electron chi connectivity index (χ1n) is 5.78. The van der Waals surface area contributed by atoms with Crippen LogP contribution in [0.1, 0.15) is 18.4 Å². The largest absolute Gasteiger partial charge is 0.497 e. The lowest BCUT2D eigenvalue weighted by Gasteiger charge is -2.04. The van der Waals surface area contributed by atoms with Crippen LogP contribution in [0.15, 0.2) is 35.9 Å². The molecule has 0 radical (unpaired) electrons. The predicted molar refractivity (Wildman–Crippen MR) is 65.0 cm³/mol. The molecule has 0 unspecified atom stereocenters. The Morgan fingerprint density at radius 3 is 2.94 bits per heavy atom. The van der Waals surface area contributed by atoms with E-state index in [1.165, 1.54) is 5.56 Å². The molecule has 0 N–H and O–H groups in total. The average Bonchev–Trinajstić information content (AvgIpc) is 2.76. The molecule has 0 aromatic heterocycles. The Bertz CT molecular complexity index is 435. The zero-order valence-electron chi connectivity index (χ0n) is 9.94. The van der Waals surface area contributed by atoms with E-state index in [-0.39, 0.29) is 5.97 Å². The quantitative estimate of drug-likeness (QED) is 0.732. The maximum absolute atomic E-state index is 11.2. The average molecular weight is 232 g/mol. The van der Waals surface area contributed by atoms with E-state index in [4.69, 9.17) is 9.47 Å². The highest BCUT2D eigenvalue weighted by atomic mass is 16.5. The Morgan fingerprint density at radius 1 is 1.35 bits per heavy atom. The summed E-state index contributed by atoms with van der Waals surface area (Å²) in [5.41, 5.74) is 2.05. The first kappa shape index (κ1) is 11.7. The summed E-state index contributed by atoms with van der Waals surface area (Å²) in [7, 11) is 1.67. The molecule has 90 valence electrons. The van der Waals surface area contributed by atoms with E-state index >= 15 is 0 Å². The van der Waals surface area contributed by atoms with Crippen LogP contribution in [0.2, 0.25) is 0 Å². The number of hydrogen-bond acceptors (Lipinski definition) is 3. The molecule has 0 amide bonds. The summed E-state index contributed by atoms with van der Waals surface area (Å²) in [4.78, 5) is 11.2. The van der Waals surface area contributed by atoms with Crippen molar-refractivity contribution in [2.75, 3.05) is 13.7 Å². The number of carbonyl (C=O) groups excluding carboxylic acids is 1. The number of benzene rings is 1. The van der Waals surface area contributed by atoms with Gasteiger partial charge < -0.3 is 9.47 Å². The number of cyclic esters (lactones) is 1. The van der Waals surface area contributed by atoms with Crippen molar-refractivity contribution in [1.29, 1.82) is 0 Å². The molecule has 0 spiro atoms. The van der Waals surface area contributed by atoms with Crippen molar-refractivity contribution in [2.24, 2.45) is 0 Å². The summed E-state index contributed by atoms with van der Waals surface area (Å²) in [5, 5.41) is 0. The molecule has 1 aromatic rings. The lowest BCUT2D eigenvalue weighted by Crippen LogP contribution is -1.99. The van der Waals surface area contributed by atoms with E-state index in [1.807, 2.05) is 24.3 Å². The normalized spacial score (nSPS) is 14.4. The summed E-state index contributed by atoms with van der Waals surface area (Å²) >= 11 is 0. The van der Waals surface area contributed by atoms with Crippen molar-refractivity contribution in [2.45, 2.75) is 19.3 Å². The predicted octanol–water partition coefficient (Wildman–Crippen LogP) is 2.50. The Balaban J connectivity index is 1.83. The van der Waals surface area contributed by atoms with Crippen LogP contribution in [0, 0.1) is 0 Å². The van der Waals surface area contributed by atoms with Gasteiger partial charge in [0.25, 0.3) is 0 Å². The molecule has 17 heavy (non-hydrogen) atoms. The molecule has 0 saturated carbocycles. The van der Waals surface area contributed by atoms with Crippen LogP contribution in [0.4, 0.5) is 0 Å².